The van der Waals surface area contributed by atoms with E-state index in [4.69, 9.17) is 9.47 Å². The van der Waals surface area contributed by atoms with E-state index in [-0.39, 0.29) is 11.0 Å². The van der Waals surface area contributed by atoms with Crippen molar-refractivity contribution >= 4 is 9.84 Å². The molecular weight excluding hydrogens is 400 g/mol. The number of sulfone groups is 1. The highest BCUT2D eigenvalue weighted by atomic mass is 32.2. The fraction of sp³-hybridized carbons (Fsp3) is 0.429. The normalized spacial score (nSPS) is 17.2. The van der Waals surface area contributed by atoms with Crippen LogP contribution in [0.1, 0.15) is 24.0 Å². The average Bonchev–Trinajstić information content (AvgIpc) is 3.21. The largest absolute Gasteiger partial charge is 0.496 e. The molecule has 0 aliphatic carbocycles. The molecule has 1 aliphatic rings. The van der Waals surface area contributed by atoms with Crippen LogP contribution >= 0.6 is 0 Å². The van der Waals surface area contributed by atoms with Crippen LogP contribution < -0.4 is 4.74 Å². The molecule has 0 N–H and O–H groups in total. The number of methoxy groups -OCH3 is 1. The number of alkyl halides is 2. The molecule has 1 heterocycles. The maximum atomic E-state index is 12.7. The van der Waals surface area contributed by atoms with Gasteiger partial charge in [0, 0.05) is 31.8 Å². The lowest BCUT2D eigenvalue weighted by Crippen LogP contribution is -2.31. The zero-order chi connectivity index (χ0) is 20.9. The average molecular weight is 425 g/mol. The first-order chi connectivity index (χ1) is 13.9. The summed E-state index contributed by atoms with van der Waals surface area (Å²) in [7, 11) is -2.95. The summed E-state index contributed by atoms with van der Waals surface area (Å²) in [6, 6.07) is 13.4. The molecule has 2 aromatic carbocycles. The molecule has 8 heteroatoms. The Bertz CT molecular complexity index is 897. The summed E-state index contributed by atoms with van der Waals surface area (Å²) in [5, 5.41) is 0. The number of hydrogen-bond donors (Lipinski definition) is 0. The number of benzene rings is 2. The molecule has 3 rings (SSSR count). The highest BCUT2D eigenvalue weighted by Crippen LogP contribution is 2.24. The Balaban J connectivity index is 1.77. The van der Waals surface area contributed by atoms with Crippen LogP contribution in [0.5, 0.6) is 5.75 Å². The van der Waals surface area contributed by atoms with Gasteiger partial charge in [-0.3, -0.25) is 4.90 Å². The topological polar surface area (TPSA) is 55.8 Å². The summed E-state index contributed by atoms with van der Waals surface area (Å²) < 4.78 is 59.9. The third kappa shape index (κ3) is 5.52. The minimum atomic E-state index is -4.58. The molecule has 1 saturated heterocycles. The Morgan fingerprint density at radius 2 is 1.86 bits per heavy atom. The number of hydrogen-bond acceptors (Lipinski definition) is 5. The second-order valence-electron chi connectivity index (χ2n) is 7.07. The fourth-order valence-electron chi connectivity index (χ4n) is 3.48. The summed E-state index contributed by atoms with van der Waals surface area (Å²) in [4.78, 5) is 1.83. The van der Waals surface area contributed by atoms with E-state index >= 15 is 0 Å². The first-order valence-corrected chi connectivity index (χ1v) is 11.0. The molecule has 1 aliphatic heterocycles. The van der Waals surface area contributed by atoms with Gasteiger partial charge in [0.05, 0.1) is 18.1 Å². The number of ether oxygens (including phenoxy) is 2. The van der Waals surface area contributed by atoms with Crippen molar-refractivity contribution in [2.24, 2.45) is 0 Å². The predicted octanol–water partition coefficient (Wildman–Crippen LogP) is 3.87. The summed E-state index contributed by atoms with van der Waals surface area (Å²) >= 11 is 0. The van der Waals surface area contributed by atoms with E-state index in [0.29, 0.717) is 13.1 Å². The van der Waals surface area contributed by atoms with Gasteiger partial charge in [-0.1, -0.05) is 30.3 Å². The van der Waals surface area contributed by atoms with Crippen LogP contribution in [0.2, 0.25) is 0 Å². The van der Waals surface area contributed by atoms with Gasteiger partial charge in [-0.05, 0) is 36.6 Å². The van der Waals surface area contributed by atoms with Gasteiger partial charge in [-0.25, -0.2) is 8.42 Å². The first-order valence-electron chi connectivity index (χ1n) is 9.47. The highest BCUT2D eigenvalue weighted by Gasteiger charge is 2.26. The maximum Gasteiger partial charge on any atom is 0.341 e. The van der Waals surface area contributed by atoms with Crippen LogP contribution in [0.15, 0.2) is 53.4 Å². The Morgan fingerprint density at radius 3 is 2.48 bits per heavy atom. The smallest absolute Gasteiger partial charge is 0.341 e. The zero-order valence-electron chi connectivity index (χ0n) is 16.3. The maximum absolute atomic E-state index is 12.7. The molecule has 1 unspecified atom stereocenters. The molecule has 0 radical (unpaired) electrons. The molecule has 0 saturated carbocycles. The minimum absolute atomic E-state index is 0.142. The van der Waals surface area contributed by atoms with E-state index in [2.05, 4.69) is 4.90 Å². The molecule has 1 atom stereocenters. The highest BCUT2D eigenvalue weighted by molar-refractivity contribution is 7.91. The lowest BCUT2D eigenvalue weighted by Gasteiger charge is -2.26. The first kappa shape index (κ1) is 21.7. The standard InChI is InChI=1S/C21H25F2NO4S/c1-27-20-7-3-2-5-17(20)14-24(15-18-6-4-12-28-18)13-16-8-10-19(11-9-16)29(25,26)21(22)23/h2-3,5,7-11,18,21H,4,6,12-15H2,1H3. The van der Waals surface area contributed by atoms with Gasteiger partial charge >= 0.3 is 5.76 Å². The van der Waals surface area contributed by atoms with E-state index < -0.39 is 15.6 Å². The van der Waals surface area contributed by atoms with E-state index in [1.54, 1.807) is 19.2 Å². The summed E-state index contributed by atoms with van der Waals surface area (Å²) in [6.07, 6.45) is 2.17. The monoisotopic (exact) mass is 425 g/mol. The van der Waals surface area contributed by atoms with Gasteiger partial charge < -0.3 is 9.47 Å². The van der Waals surface area contributed by atoms with Crippen LogP contribution in [-0.2, 0) is 27.7 Å². The van der Waals surface area contributed by atoms with Gasteiger partial charge in [0.25, 0.3) is 0 Å². The molecule has 158 valence electrons. The van der Waals surface area contributed by atoms with Crippen molar-refractivity contribution in [1.82, 2.24) is 4.90 Å². The van der Waals surface area contributed by atoms with Crippen molar-refractivity contribution in [1.29, 1.82) is 0 Å². The van der Waals surface area contributed by atoms with Crippen molar-refractivity contribution in [3.63, 3.8) is 0 Å². The van der Waals surface area contributed by atoms with Crippen molar-refractivity contribution in [2.45, 2.75) is 42.7 Å². The van der Waals surface area contributed by atoms with Crippen molar-refractivity contribution in [3.05, 3.63) is 59.7 Å². The third-order valence-electron chi connectivity index (χ3n) is 4.96. The van der Waals surface area contributed by atoms with Crippen molar-refractivity contribution in [3.8, 4) is 5.75 Å². The minimum Gasteiger partial charge on any atom is -0.496 e. The van der Waals surface area contributed by atoms with E-state index in [9.17, 15) is 17.2 Å². The Kier molecular flexibility index (Phi) is 7.21. The number of halogens is 2. The predicted molar refractivity (Wildman–Crippen MR) is 106 cm³/mol. The molecule has 29 heavy (non-hydrogen) atoms. The Morgan fingerprint density at radius 1 is 1.14 bits per heavy atom. The fourth-order valence-corrected chi connectivity index (χ4v) is 4.20. The molecule has 5 nitrogen and oxygen atoms in total. The van der Waals surface area contributed by atoms with Crippen molar-refractivity contribution in [2.75, 3.05) is 20.3 Å². The van der Waals surface area contributed by atoms with Crippen LogP contribution in [0.25, 0.3) is 0 Å². The van der Waals surface area contributed by atoms with Gasteiger partial charge in [-0.2, -0.15) is 8.78 Å². The second kappa shape index (κ2) is 9.65. The van der Waals surface area contributed by atoms with E-state index in [1.165, 1.54) is 12.1 Å². The summed E-state index contributed by atoms with van der Waals surface area (Å²) in [5.74, 6) is -2.63. The van der Waals surface area contributed by atoms with Gasteiger partial charge in [0.1, 0.15) is 5.75 Å². The number of rotatable bonds is 9. The summed E-state index contributed by atoms with van der Waals surface area (Å²) in [5.41, 5.74) is 1.87. The Labute approximate surface area is 170 Å². The molecule has 0 spiro atoms. The molecule has 2 aromatic rings. The van der Waals surface area contributed by atoms with Gasteiger partial charge in [0.15, 0.2) is 0 Å². The third-order valence-corrected chi connectivity index (χ3v) is 6.36. The SMILES string of the molecule is COc1ccccc1CN(Cc1ccc(S(=O)(=O)C(F)F)cc1)CC1CCCO1. The van der Waals surface area contributed by atoms with Crippen LogP contribution in [0.3, 0.4) is 0 Å². The van der Waals surface area contributed by atoms with Crippen LogP contribution in [0.4, 0.5) is 8.78 Å². The van der Waals surface area contributed by atoms with Gasteiger partial charge in [0.2, 0.25) is 9.84 Å². The van der Waals surface area contributed by atoms with Crippen LogP contribution in [-0.4, -0.2) is 45.4 Å². The summed E-state index contributed by atoms with van der Waals surface area (Å²) in [6.45, 7) is 2.64. The van der Waals surface area contributed by atoms with E-state index in [0.717, 1.165) is 42.9 Å². The molecule has 0 amide bonds. The van der Waals surface area contributed by atoms with Crippen LogP contribution in [0, 0.1) is 0 Å². The van der Waals surface area contributed by atoms with Gasteiger partial charge in [-0.15, -0.1) is 0 Å². The molecule has 1 fully saturated rings. The Hall–Kier alpha value is -2.03. The van der Waals surface area contributed by atoms with Crippen molar-refractivity contribution < 1.29 is 26.7 Å². The van der Waals surface area contributed by atoms with E-state index in [1.807, 2.05) is 24.3 Å². The molecular formula is C21H25F2NO4S. The molecule has 0 bridgehead atoms. The quantitative estimate of drug-likeness (QED) is 0.611. The number of para-hydroxylation sites is 1. The lowest BCUT2D eigenvalue weighted by molar-refractivity contribution is 0.0676. The second-order valence-corrected chi connectivity index (χ2v) is 8.98. The lowest BCUT2D eigenvalue weighted by atomic mass is 10.1. The molecule has 0 aromatic heterocycles. The number of nitrogens with zero attached hydrogens (tertiary/aromatic N) is 1. The zero-order valence-corrected chi connectivity index (χ0v) is 17.1.